The van der Waals surface area contributed by atoms with E-state index in [0.717, 1.165) is 35.1 Å². The summed E-state index contributed by atoms with van der Waals surface area (Å²) in [7, 11) is 7.54. The molecule has 0 saturated heterocycles. The Labute approximate surface area is 106 Å². The van der Waals surface area contributed by atoms with Crippen molar-refractivity contribution in [3.8, 4) is 5.69 Å². The maximum absolute atomic E-state index is 11.9. The van der Waals surface area contributed by atoms with Gasteiger partial charge in [0.2, 0.25) is 0 Å². The molecule has 1 saturated carbocycles. The summed E-state index contributed by atoms with van der Waals surface area (Å²) in [6, 6.07) is 3.88. The molecule has 1 aliphatic carbocycles. The van der Waals surface area contributed by atoms with Crippen LogP contribution in [0, 0.1) is 6.92 Å². The van der Waals surface area contributed by atoms with Gasteiger partial charge in [0.1, 0.15) is 7.85 Å². The molecule has 1 heterocycles. The topological polar surface area (TPSA) is 52.7 Å². The first-order valence-corrected chi connectivity index (χ1v) is 5.97. The van der Waals surface area contributed by atoms with Crippen LogP contribution in [0.3, 0.4) is 0 Å². The number of benzene rings is 1. The van der Waals surface area contributed by atoms with Gasteiger partial charge in [0.05, 0.1) is 5.69 Å². The van der Waals surface area contributed by atoms with Crippen LogP contribution in [0.4, 0.5) is 0 Å². The highest BCUT2D eigenvalue weighted by atomic mass is 16.2. The van der Waals surface area contributed by atoms with Crippen molar-refractivity contribution in [2.45, 2.75) is 25.7 Å². The zero-order valence-electron chi connectivity index (χ0n) is 10.4. The largest absolute Gasteiger partial charge is 0.368 e. The quantitative estimate of drug-likeness (QED) is 0.691. The van der Waals surface area contributed by atoms with Crippen molar-refractivity contribution in [2.75, 3.05) is 0 Å². The van der Waals surface area contributed by atoms with Gasteiger partial charge in [0.15, 0.2) is 0 Å². The van der Waals surface area contributed by atoms with Crippen LogP contribution in [-0.2, 0) is 7.05 Å². The van der Waals surface area contributed by atoms with Crippen LogP contribution >= 0.6 is 0 Å². The average molecular weight is 240 g/mol. The maximum atomic E-state index is 11.9. The van der Waals surface area contributed by atoms with E-state index in [1.165, 1.54) is 9.36 Å². The van der Waals surface area contributed by atoms with E-state index in [-0.39, 0.29) is 5.69 Å². The molecule has 1 fully saturated rings. The Morgan fingerprint density at radius 2 is 2.06 bits per heavy atom. The Morgan fingerprint density at radius 1 is 1.33 bits per heavy atom. The highest BCUT2D eigenvalue weighted by Gasteiger charge is 2.28. The standard InChI is InChI=1S/C12H13BN4O/c1-7-5-11(17-12(18)16(2)14-15-17)9(6-10(7)13)8-3-4-8/h5-6,8H,3-4H2,1-2H3. The summed E-state index contributed by atoms with van der Waals surface area (Å²) in [4.78, 5) is 11.9. The summed E-state index contributed by atoms with van der Waals surface area (Å²) in [5.41, 5.74) is 3.38. The molecule has 0 amide bonds. The van der Waals surface area contributed by atoms with E-state index < -0.39 is 0 Å². The van der Waals surface area contributed by atoms with Gasteiger partial charge < -0.3 is 0 Å². The van der Waals surface area contributed by atoms with Crippen molar-refractivity contribution in [3.63, 3.8) is 0 Å². The SMILES string of the molecule is [B]c1cc(C2CC2)c(-n2nnn(C)c2=O)cc1C. The van der Waals surface area contributed by atoms with E-state index in [4.69, 9.17) is 7.85 Å². The van der Waals surface area contributed by atoms with Crippen LogP contribution in [0.15, 0.2) is 16.9 Å². The summed E-state index contributed by atoms with van der Waals surface area (Å²) in [6.45, 7) is 1.93. The van der Waals surface area contributed by atoms with Crippen LogP contribution in [-0.4, -0.2) is 27.6 Å². The summed E-state index contributed by atoms with van der Waals surface area (Å²) >= 11 is 0. The molecule has 0 unspecified atom stereocenters. The summed E-state index contributed by atoms with van der Waals surface area (Å²) in [5, 5.41) is 7.65. The molecule has 6 heteroatoms. The maximum Gasteiger partial charge on any atom is 0.368 e. The molecular weight excluding hydrogens is 227 g/mol. The predicted molar refractivity (Wildman–Crippen MR) is 68.7 cm³/mol. The molecule has 0 N–H and O–H groups in total. The van der Waals surface area contributed by atoms with Crippen LogP contribution < -0.4 is 11.2 Å². The van der Waals surface area contributed by atoms with Gasteiger partial charge >= 0.3 is 5.69 Å². The van der Waals surface area contributed by atoms with E-state index in [1.54, 1.807) is 7.05 Å². The fourth-order valence-corrected chi connectivity index (χ4v) is 2.10. The van der Waals surface area contributed by atoms with Gasteiger partial charge in [-0.05, 0) is 47.7 Å². The summed E-state index contributed by atoms with van der Waals surface area (Å²) in [5.74, 6) is 0.497. The molecule has 18 heavy (non-hydrogen) atoms. The Morgan fingerprint density at radius 3 is 2.61 bits per heavy atom. The van der Waals surface area contributed by atoms with E-state index in [2.05, 4.69) is 10.4 Å². The minimum atomic E-state index is -0.235. The smallest absolute Gasteiger partial charge is 0.244 e. The third kappa shape index (κ3) is 1.68. The Bertz CT molecular complexity index is 669. The van der Waals surface area contributed by atoms with Gasteiger partial charge in [0.25, 0.3) is 0 Å². The molecule has 0 aliphatic heterocycles. The third-order valence-electron chi connectivity index (χ3n) is 3.38. The molecule has 90 valence electrons. The third-order valence-corrected chi connectivity index (χ3v) is 3.38. The van der Waals surface area contributed by atoms with Crippen molar-refractivity contribution in [3.05, 3.63) is 33.7 Å². The number of nitrogens with zero attached hydrogens (tertiary/aromatic N) is 4. The second kappa shape index (κ2) is 3.83. The van der Waals surface area contributed by atoms with Gasteiger partial charge in [-0.25, -0.2) is 4.79 Å². The minimum absolute atomic E-state index is 0.235. The minimum Gasteiger partial charge on any atom is -0.244 e. The van der Waals surface area contributed by atoms with Crippen molar-refractivity contribution >= 4 is 13.3 Å². The first-order valence-electron chi connectivity index (χ1n) is 5.97. The predicted octanol–water partition coefficient (Wildman–Crippen LogP) is -0.0544. The Hall–Kier alpha value is -1.85. The second-order valence-corrected chi connectivity index (χ2v) is 4.84. The van der Waals surface area contributed by atoms with Crippen molar-refractivity contribution in [1.82, 2.24) is 19.8 Å². The lowest BCUT2D eigenvalue weighted by molar-refractivity contribution is 0.692. The van der Waals surface area contributed by atoms with Gasteiger partial charge in [0, 0.05) is 7.05 Å². The molecule has 2 radical (unpaired) electrons. The molecule has 1 aromatic carbocycles. The molecule has 3 rings (SSSR count). The van der Waals surface area contributed by atoms with Crippen LogP contribution in [0.2, 0.25) is 0 Å². The number of aromatic nitrogens is 4. The zero-order chi connectivity index (χ0) is 12.9. The molecule has 5 nitrogen and oxygen atoms in total. The van der Waals surface area contributed by atoms with Crippen molar-refractivity contribution in [1.29, 1.82) is 0 Å². The first-order chi connectivity index (χ1) is 8.58. The lowest BCUT2D eigenvalue weighted by Gasteiger charge is -2.11. The molecular formula is C12H13BN4O. The number of tetrazole rings is 1. The highest BCUT2D eigenvalue weighted by molar-refractivity contribution is 6.33. The Balaban J connectivity index is 2.24. The number of aryl methyl sites for hydroxylation is 2. The highest BCUT2D eigenvalue weighted by Crippen LogP contribution is 2.42. The van der Waals surface area contributed by atoms with Gasteiger partial charge in [-0.1, -0.05) is 17.1 Å². The molecule has 0 atom stereocenters. The van der Waals surface area contributed by atoms with Crippen LogP contribution in [0.5, 0.6) is 0 Å². The molecule has 1 aliphatic rings. The van der Waals surface area contributed by atoms with E-state index in [9.17, 15) is 4.79 Å². The van der Waals surface area contributed by atoms with Crippen molar-refractivity contribution < 1.29 is 0 Å². The molecule has 0 spiro atoms. The normalized spacial score (nSPS) is 15.0. The summed E-state index contributed by atoms with van der Waals surface area (Å²) < 4.78 is 2.57. The molecule has 0 bridgehead atoms. The lowest BCUT2D eigenvalue weighted by Crippen LogP contribution is -2.24. The molecule has 1 aromatic heterocycles. The van der Waals surface area contributed by atoms with Gasteiger partial charge in [-0.15, -0.1) is 0 Å². The average Bonchev–Trinajstić information content (AvgIpc) is 3.12. The van der Waals surface area contributed by atoms with Crippen LogP contribution in [0.25, 0.3) is 5.69 Å². The van der Waals surface area contributed by atoms with Crippen molar-refractivity contribution in [2.24, 2.45) is 7.05 Å². The Kier molecular flexibility index (Phi) is 2.40. The lowest BCUT2D eigenvalue weighted by atomic mass is 9.87. The second-order valence-electron chi connectivity index (χ2n) is 4.84. The number of rotatable bonds is 2. The van der Waals surface area contributed by atoms with E-state index >= 15 is 0 Å². The molecule has 2 aromatic rings. The van der Waals surface area contributed by atoms with Gasteiger partial charge in [-0.3, -0.25) is 0 Å². The van der Waals surface area contributed by atoms with E-state index in [1.807, 2.05) is 19.1 Å². The fourth-order valence-electron chi connectivity index (χ4n) is 2.10. The van der Waals surface area contributed by atoms with Gasteiger partial charge in [-0.2, -0.15) is 9.36 Å². The monoisotopic (exact) mass is 240 g/mol. The first kappa shape index (κ1) is 11.3. The fraction of sp³-hybridized carbons (Fsp3) is 0.417. The number of hydrogen-bond donors (Lipinski definition) is 0. The van der Waals surface area contributed by atoms with E-state index in [0.29, 0.717) is 5.92 Å². The number of hydrogen-bond acceptors (Lipinski definition) is 3. The zero-order valence-corrected chi connectivity index (χ0v) is 10.4. The van der Waals surface area contributed by atoms with Crippen LogP contribution in [0.1, 0.15) is 29.9 Å². The summed E-state index contributed by atoms with van der Waals surface area (Å²) in [6.07, 6.45) is 2.29.